The molecule has 1 aliphatic carbocycles. The molecule has 0 radical (unpaired) electrons. The first-order chi connectivity index (χ1) is 6.88. The maximum absolute atomic E-state index is 11.8. The van der Waals surface area contributed by atoms with E-state index in [2.05, 4.69) is 17.2 Å². The Hall–Kier alpha value is -0.290. The summed E-state index contributed by atoms with van der Waals surface area (Å²) < 4.78 is 35.5. The van der Waals surface area contributed by atoms with Crippen molar-refractivity contribution in [3.05, 3.63) is 0 Å². The van der Waals surface area contributed by atoms with Crippen molar-refractivity contribution in [3.8, 4) is 0 Å². The van der Waals surface area contributed by atoms with Gasteiger partial charge in [0.1, 0.15) is 0 Å². The molecule has 0 aromatic carbocycles. The summed E-state index contributed by atoms with van der Waals surface area (Å²) in [5.41, 5.74) is 2.54. The number of hydrogen-bond donors (Lipinski definition) is 1. The molecule has 3 atom stereocenters. The molecule has 1 rings (SSSR count). The van der Waals surface area contributed by atoms with Crippen LogP contribution in [0.1, 0.15) is 33.1 Å². The number of alkyl halides is 3. The van der Waals surface area contributed by atoms with E-state index in [0.717, 1.165) is 19.3 Å². The number of hydroxylamine groups is 1. The maximum atomic E-state index is 11.8. The fraction of sp³-hybridized carbons (Fsp3) is 1.00. The van der Waals surface area contributed by atoms with E-state index < -0.39 is 12.8 Å². The van der Waals surface area contributed by atoms with E-state index in [1.54, 1.807) is 0 Å². The second kappa shape index (κ2) is 5.16. The molecule has 0 heterocycles. The monoisotopic (exact) mass is 225 g/mol. The SMILES string of the molecule is CC1CCC(C)C(NOCC(F)(F)F)C1. The zero-order chi connectivity index (χ0) is 11.5. The normalized spacial score (nSPS) is 33.0. The van der Waals surface area contributed by atoms with Crippen LogP contribution in [0.25, 0.3) is 0 Å². The highest BCUT2D eigenvalue weighted by atomic mass is 19.4. The molecule has 1 saturated carbocycles. The molecular formula is C10H18F3NO. The van der Waals surface area contributed by atoms with Crippen LogP contribution in [0.5, 0.6) is 0 Å². The predicted molar refractivity (Wildman–Crippen MR) is 51.1 cm³/mol. The quantitative estimate of drug-likeness (QED) is 0.746. The van der Waals surface area contributed by atoms with Crippen LogP contribution in [0.3, 0.4) is 0 Å². The van der Waals surface area contributed by atoms with Crippen molar-refractivity contribution in [3.63, 3.8) is 0 Å². The molecule has 0 spiro atoms. The van der Waals surface area contributed by atoms with E-state index >= 15 is 0 Å². The van der Waals surface area contributed by atoms with Gasteiger partial charge in [-0.2, -0.15) is 18.7 Å². The molecule has 1 fully saturated rings. The highest BCUT2D eigenvalue weighted by molar-refractivity contribution is 4.78. The molecule has 15 heavy (non-hydrogen) atoms. The first-order valence-corrected chi connectivity index (χ1v) is 5.32. The van der Waals surface area contributed by atoms with Crippen molar-refractivity contribution < 1.29 is 18.0 Å². The van der Waals surface area contributed by atoms with Crippen LogP contribution in [0.2, 0.25) is 0 Å². The Bertz CT molecular complexity index is 196. The minimum atomic E-state index is -4.25. The lowest BCUT2D eigenvalue weighted by Gasteiger charge is -2.32. The van der Waals surface area contributed by atoms with E-state index in [1.807, 2.05) is 6.92 Å². The van der Waals surface area contributed by atoms with Crippen molar-refractivity contribution >= 4 is 0 Å². The molecule has 90 valence electrons. The molecule has 3 unspecified atom stereocenters. The Kier molecular flexibility index (Phi) is 4.40. The Morgan fingerprint density at radius 1 is 1.27 bits per heavy atom. The van der Waals surface area contributed by atoms with Gasteiger partial charge in [0.05, 0.1) is 0 Å². The topological polar surface area (TPSA) is 21.3 Å². The lowest BCUT2D eigenvalue weighted by molar-refractivity contribution is -0.195. The highest BCUT2D eigenvalue weighted by Gasteiger charge is 2.30. The fourth-order valence-electron chi connectivity index (χ4n) is 1.93. The first kappa shape index (κ1) is 12.8. The fourth-order valence-corrected chi connectivity index (χ4v) is 1.93. The van der Waals surface area contributed by atoms with Gasteiger partial charge in [0.2, 0.25) is 0 Å². The maximum Gasteiger partial charge on any atom is 0.413 e. The van der Waals surface area contributed by atoms with Crippen molar-refractivity contribution in [1.29, 1.82) is 0 Å². The van der Waals surface area contributed by atoms with Crippen LogP contribution >= 0.6 is 0 Å². The van der Waals surface area contributed by atoms with Gasteiger partial charge in [0.15, 0.2) is 6.61 Å². The van der Waals surface area contributed by atoms with E-state index in [-0.39, 0.29) is 6.04 Å². The van der Waals surface area contributed by atoms with Gasteiger partial charge in [-0.25, -0.2) is 0 Å². The smallest absolute Gasteiger partial charge is 0.292 e. The largest absolute Gasteiger partial charge is 0.413 e. The third-order valence-corrected chi connectivity index (χ3v) is 2.93. The zero-order valence-corrected chi connectivity index (χ0v) is 9.10. The summed E-state index contributed by atoms with van der Waals surface area (Å²) in [5, 5.41) is 0. The van der Waals surface area contributed by atoms with Gasteiger partial charge >= 0.3 is 6.18 Å². The second-order valence-corrected chi connectivity index (χ2v) is 4.52. The van der Waals surface area contributed by atoms with Crippen LogP contribution in [-0.4, -0.2) is 18.8 Å². The Balaban J connectivity index is 2.24. The van der Waals surface area contributed by atoms with Gasteiger partial charge in [0, 0.05) is 6.04 Å². The van der Waals surface area contributed by atoms with Gasteiger partial charge < -0.3 is 0 Å². The zero-order valence-electron chi connectivity index (χ0n) is 9.10. The van der Waals surface area contributed by atoms with E-state index in [4.69, 9.17) is 0 Å². The van der Waals surface area contributed by atoms with E-state index in [0.29, 0.717) is 11.8 Å². The molecule has 5 heteroatoms. The standard InChI is InChI=1S/C10H18F3NO/c1-7-3-4-8(2)9(5-7)14-15-6-10(11,12)13/h7-9,14H,3-6H2,1-2H3. The summed E-state index contributed by atoms with van der Waals surface area (Å²) in [6, 6.07) is 0.0519. The van der Waals surface area contributed by atoms with Crippen molar-refractivity contribution in [1.82, 2.24) is 5.48 Å². The molecule has 0 aromatic rings. The molecule has 1 N–H and O–H groups in total. The summed E-state index contributed by atoms with van der Waals surface area (Å²) in [5.74, 6) is 0.947. The van der Waals surface area contributed by atoms with E-state index in [1.165, 1.54) is 0 Å². The number of halogens is 3. The molecule has 0 aliphatic heterocycles. The van der Waals surface area contributed by atoms with Crippen LogP contribution in [0.15, 0.2) is 0 Å². The Morgan fingerprint density at radius 3 is 2.53 bits per heavy atom. The number of rotatable bonds is 3. The average Bonchev–Trinajstić information content (AvgIpc) is 2.09. The van der Waals surface area contributed by atoms with Gasteiger partial charge in [-0.1, -0.05) is 20.3 Å². The van der Waals surface area contributed by atoms with Gasteiger partial charge in [-0.3, -0.25) is 4.84 Å². The van der Waals surface area contributed by atoms with Gasteiger partial charge in [-0.05, 0) is 24.7 Å². The summed E-state index contributed by atoms with van der Waals surface area (Å²) in [6.07, 6.45) is -1.16. The molecule has 0 bridgehead atoms. The second-order valence-electron chi connectivity index (χ2n) is 4.52. The highest BCUT2D eigenvalue weighted by Crippen LogP contribution is 2.28. The Labute approximate surface area is 88.1 Å². The molecule has 0 aromatic heterocycles. The summed E-state index contributed by atoms with van der Waals surface area (Å²) in [7, 11) is 0. The van der Waals surface area contributed by atoms with Gasteiger partial charge in [0.25, 0.3) is 0 Å². The van der Waals surface area contributed by atoms with Crippen LogP contribution < -0.4 is 5.48 Å². The lowest BCUT2D eigenvalue weighted by atomic mass is 9.80. The molecular weight excluding hydrogens is 207 g/mol. The van der Waals surface area contributed by atoms with Crippen LogP contribution in [-0.2, 0) is 4.84 Å². The Morgan fingerprint density at radius 2 is 1.93 bits per heavy atom. The van der Waals surface area contributed by atoms with Crippen molar-refractivity contribution in [2.24, 2.45) is 11.8 Å². The van der Waals surface area contributed by atoms with Gasteiger partial charge in [-0.15, -0.1) is 0 Å². The molecule has 2 nitrogen and oxygen atoms in total. The summed E-state index contributed by atoms with van der Waals surface area (Å²) in [6.45, 7) is 2.94. The van der Waals surface area contributed by atoms with E-state index in [9.17, 15) is 13.2 Å². The molecule has 0 amide bonds. The minimum absolute atomic E-state index is 0.0519. The predicted octanol–water partition coefficient (Wildman–Crippen LogP) is 2.89. The first-order valence-electron chi connectivity index (χ1n) is 5.32. The number of nitrogens with one attached hydrogen (secondary N) is 1. The third-order valence-electron chi connectivity index (χ3n) is 2.93. The van der Waals surface area contributed by atoms with Crippen molar-refractivity contribution in [2.45, 2.75) is 45.3 Å². The minimum Gasteiger partial charge on any atom is -0.292 e. The summed E-state index contributed by atoms with van der Waals surface area (Å²) >= 11 is 0. The number of hydrogen-bond acceptors (Lipinski definition) is 2. The van der Waals surface area contributed by atoms with Crippen LogP contribution in [0.4, 0.5) is 13.2 Å². The molecule has 0 saturated heterocycles. The third kappa shape index (κ3) is 4.84. The van der Waals surface area contributed by atoms with Crippen LogP contribution in [0, 0.1) is 11.8 Å². The molecule has 1 aliphatic rings. The van der Waals surface area contributed by atoms with Crippen molar-refractivity contribution in [2.75, 3.05) is 6.61 Å². The average molecular weight is 225 g/mol. The lowest BCUT2D eigenvalue weighted by Crippen LogP contribution is -2.41. The summed E-state index contributed by atoms with van der Waals surface area (Å²) in [4.78, 5) is 4.48.